The molecule has 2 aromatic rings. The molecular formula is C16H22N4O. The molecule has 112 valence electrons. The number of benzene rings is 1. The molecule has 1 saturated carbocycles. The quantitative estimate of drug-likeness (QED) is 0.893. The predicted octanol–water partition coefficient (Wildman–Crippen LogP) is 1.48. The topological polar surface area (TPSA) is 75.0 Å². The van der Waals surface area contributed by atoms with E-state index in [0.29, 0.717) is 23.9 Å². The smallest absolute Gasteiger partial charge is 0.258 e. The van der Waals surface area contributed by atoms with Crippen molar-refractivity contribution in [3.8, 4) is 0 Å². The lowest BCUT2D eigenvalue weighted by Crippen LogP contribution is -2.38. The largest absolute Gasteiger partial charge is 0.330 e. The Balaban J connectivity index is 1.83. The van der Waals surface area contributed by atoms with Gasteiger partial charge in [0.1, 0.15) is 5.82 Å². The van der Waals surface area contributed by atoms with Gasteiger partial charge in [-0.15, -0.1) is 0 Å². The Kier molecular flexibility index (Phi) is 4.03. The number of aromatic nitrogens is 2. The number of aromatic amines is 1. The summed E-state index contributed by atoms with van der Waals surface area (Å²) >= 11 is 0. The minimum Gasteiger partial charge on any atom is -0.330 e. The van der Waals surface area contributed by atoms with Crippen molar-refractivity contribution in [3.63, 3.8) is 0 Å². The van der Waals surface area contributed by atoms with Crippen LogP contribution in [0.3, 0.4) is 0 Å². The molecule has 1 aliphatic carbocycles. The van der Waals surface area contributed by atoms with E-state index < -0.39 is 0 Å². The highest BCUT2D eigenvalue weighted by Crippen LogP contribution is 2.29. The molecule has 2 unspecified atom stereocenters. The maximum Gasteiger partial charge on any atom is 0.258 e. The van der Waals surface area contributed by atoms with Gasteiger partial charge in [-0.3, -0.25) is 9.69 Å². The van der Waals surface area contributed by atoms with E-state index in [4.69, 9.17) is 5.73 Å². The number of para-hydroxylation sites is 1. The number of fused-ring (bicyclic) bond motifs is 1. The summed E-state index contributed by atoms with van der Waals surface area (Å²) in [7, 11) is 2.09. The van der Waals surface area contributed by atoms with E-state index in [9.17, 15) is 4.79 Å². The Labute approximate surface area is 124 Å². The molecule has 0 radical (unpaired) electrons. The molecule has 1 fully saturated rings. The number of H-pyrrole nitrogens is 1. The molecule has 5 nitrogen and oxygen atoms in total. The zero-order valence-corrected chi connectivity index (χ0v) is 12.4. The molecule has 2 atom stereocenters. The number of nitrogens with two attached hydrogens (primary N) is 1. The van der Waals surface area contributed by atoms with E-state index in [0.717, 1.165) is 17.9 Å². The van der Waals surface area contributed by atoms with Crippen LogP contribution in [0.25, 0.3) is 10.9 Å². The summed E-state index contributed by atoms with van der Waals surface area (Å²) < 4.78 is 0. The van der Waals surface area contributed by atoms with Gasteiger partial charge < -0.3 is 10.7 Å². The summed E-state index contributed by atoms with van der Waals surface area (Å²) in [5.74, 6) is 1.28. The molecule has 1 aromatic heterocycles. The van der Waals surface area contributed by atoms with Gasteiger partial charge in [0.05, 0.1) is 17.4 Å². The zero-order chi connectivity index (χ0) is 14.8. The Hall–Kier alpha value is -1.72. The first-order valence-corrected chi connectivity index (χ1v) is 7.57. The standard InChI is InChI=1S/C16H22N4O/c1-20(14-8-4-5-11(14)9-17)10-15-18-13-7-3-2-6-12(13)16(21)19-15/h2-3,6-7,11,14H,4-5,8-10,17H2,1H3,(H,18,19,21). The van der Waals surface area contributed by atoms with Gasteiger partial charge >= 0.3 is 0 Å². The van der Waals surface area contributed by atoms with Crippen molar-refractivity contribution in [1.29, 1.82) is 0 Å². The van der Waals surface area contributed by atoms with Crippen molar-refractivity contribution < 1.29 is 0 Å². The van der Waals surface area contributed by atoms with Crippen molar-refractivity contribution in [2.75, 3.05) is 13.6 Å². The van der Waals surface area contributed by atoms with Gasteiger partial charge in [0.15, 0.2) is 0 Å². The highest BCUT2D eigenvalue weighted by molar-refractivity contribution is 5.77. The fourth-order valence-electron chi connectivity index (χ4n) is 3.44. The molecule has 0 spiro atoms. The highest BCUT2D eigenvalue weighted by atomic mass is 16.1. The molecule has 0 amide bonds. The summed E-state index contributed by atoms with van der Waals surface area (Å²) in [6, 6.07) is 7.94. The SMILES string of the molecule is CN(Cc1nc2ccccc2c(=O)[nH]1)C1CCCC1CN. The van der Waals surface area contributed by atoms with Crippen LogP contribution in [0, 0.1) is 5.92 Å². The van der Waals surface area contributed by atoms with Crippen LogP contribution in [0.5, 0.6) is 0 Å². The van der Waals surface area contributed by atoms with Crippen LogP contribution in [0.2, 0.25) is 0 Å². The van der Waals surface area contributed by atoms with Gasteiger partial charge in [0.25, 0.3) is 5.56 Å². The summed E-state index contributed by atoms with van der Waals surface area (Å²) in [4.78, 5) is 21.8. The minimum atomic E-state index is -0.0641. The average molecular weight is 286 g/mol. The van der Waals surface area contributed by atoms with Crippen molar-refractivity contribution >= 4 is 10.9 Å². The maximum absolute atomic E-state index is 12.1. The van der Waals surface area contributed by atoms with E-state index in [-0.39, 0.29) is 5.56 Å². The third-order valence-electron chi connectivity index (χ3n) is 4.55. The van der Waals surface area contributed by atoms with Gasteiger partial charge in [-0.1, -0.05) is 18.6 Å². The second kappa shape index (κ2) is 5.95. The van der Waals surface area contributed by atoms with Gasteiger partial charge in [-0.25, -0.2) is 4.98 Å². The first kappa shape index (κ1) is 14.2. The Morgan fingerprint density at radius 1 is 1.38 bits per heavy atom. The molecule has 0 bridgehead atoms. The van der Waals surface area contributed by atoms with Crippen LogP contribution in [0.4, 0.5) is 0 Å². The average Bonchev–Trinajstić information content (AvgIpc) is 2.96. The van der Waals surface area contributed by atoms with E-state index in [1.807, 2.05) is 18.2 Å². The second-order valence-corrected chi connectivity index (χ2v) is 5.94. The lowest BCUT2D eigenvalue weighted by Gasteiger charge is -2.28. The first-order chi connectivity index (χ1) is 10.2. The molecule has 3 N–H and O–H groups in total. The van der Waals surface area contributed by atoms with E-state index in [1.165, 1.54) is 19.3 Å². The normalized spacial score (nSPS) is 22.2. The van der Waals surface area contributed by atoms with E-state index in [2.05, 4.69) is 21.9 Å². The Morgan fingerprint density at radius 2 is 2.19 bits per heavy atom. The van der Waals surface area contributed by atoms with Crippen molar-refractivity contribution in [3.05, 3.63) is 40.4 Å². The Bertz CT molecular complexity index is 681. The lowest BCUT2D eigenvalue weighted by atomic mass is 10.0. The molecular weight excluding hydrogens is 264 g/mol. The van der Waals surface area contributed by atoms with Crippen LogP contribution < -0.4 is 11.3 Å². The molecule has 0 saturated heterocycles. The third-order valence-corrected chi connectivity index (χ3v) is 4.55. The van der Waals surface area contributed by atoms with Gasteiger partial charge in [0.2, 0.25) is 0 Å². The maximum atomic E-state index is 12.1. The molecule has 1 aliphatic rings. The first-order valence-electron chi connectivity index (χ1n) is 7.57. The van der Waals surface area contributed by atoms with E-state index >= 15 is 0 Å². The molecule has 0 aliphatic heterocycles. The van der Waals surface area contributed by atoms with Crippen LogP contribution in [-0.2, 0) is 6.54 Å². The molecule has 3 rings (SSSR count). The van der Waals surface area contributed by atoms with Crippen molar-refractivity contribution in [2.24, 2.45) is 11.7 Å². The Morgan fingerprint density at radius 3 is 3.00 bits per heavy atom. The third kappa shape index (κ3) is 2.84. The van der Waals surface area contributed by atoms with Crippen LogP contribution in [0.15, 0.2) is 29.1 Å². The van der Waals surface area contributed by atoms with Crippen LogP contribution >= 0.6 is 0 Å². The second-order valence-electron chi connectivity index (χ2n) is 5.94. The summed E-state index contributed by atoms with van der Waals surface area (Å²) in [5, 5.41) is 0.643. The molecule has 1 heterocycles. The lowest BCUT2D eigenvalue weighted by molar-refractivity contribution is 0.188. The van der Waals surface area contributed by atoms with Crippen molar-refractivity contribution in [2.45, 2.75) is 31.8 Å². The number of hydrogen-bond donors (Lipinski definition) is 2. The summed E-state index contributed by atoms with van der Waals surface area (Å²) in [6.07, 6.45) is 3.61. The summed E-state index contributed by atoms with van der Waals surface area (Å²) in [5.41, 5.74) is 6.55. The number of nitrogens with zero attached hydrogens (tertiary/aromatic N) is 2. The number of hydrogen-bond acceptors (Lipinski definition) is 4. The fourth-order valence-corrected chi connectivity index (χ4v) is 3.44. The molecule has 5 heteroatoms. The van der Waals surface area contributed by atoms with Gasteiger partial charge in [0, 0.05) is 6.04 Å². The zero-order valence-electron chi connectivity index (χ0n) is 12.4. The monoisotopic (exact) mass is 286 g/mol. The molecule has 1 aromatic carbocycles. The highest BCUT2D eigenvalue weighted by Gasteiger charge is 2.29. The van der Waals surface area contributed by atoms with Crippen LogP contribution in [-0.4, -0.2) is 34.5 Å². The van der Waals surface area contributed by atoms with Crippen molar-refractivity contribution in [1.82, 2.24) is 14.9 Å². The fraction of sp³-hybridized carbons (Fsp3) is 0.500. The van der Waals surface area contributed by atoms with Gasteiger partial charge in [-0.2, -0.15) is 0 Å². The van der Waals surface area contributed by atoms with Crippen LogP contribution in [0.1, 0.15) is 25.1 Å². The molecule has 21 heavy (non-hydrogen) atoms. The minimum absolute atomic E-state index is 0.0641. The van der Waals surface area contributed by atoms with E-state index in [1.54, 1.807) is 6.07 Å². The number of nitrogens with one attached hydrogen (secondary N) is 1. The van der Waals surface area contributed by atoms with Gasteiger partial charge in [-0.05, 0) is 44.5 Å². The predicted molar refractivity (Wildman–Crippen MR) is 84.0 cm³/mol. The summed E-state index contributed by atoms with van der Waals surface area (Å²) in [6.45, 7) is 1.39. The number of rotatable bonds is 4.